The third-order valence-electron chi connectivity index (χ3n) is 4.58. The Morgan fingerprint density at radius 2 is 2.00 bits per heavy atom. The fraction of sp³-hybridized carbons (Fsp3) is 0.250. The molecule has 0 saturated heterocycles. The van der Waals surface area contributed by atoms with Gasteiger partial charge in [0.15, 0.2) is 0 Å². The highest BCUT2D eigenvalue weighted by Gasteiger charge is 2.18. The van der Waals surface area contributed by atoms with E-state index in [1.807, 2.05) is 12.1 Å². The van der Waals surface area contributed by atoms with Gasteiger partial charge in [0.2, 0.25) is 5.95 Å². The minimum atomic E-state index is 0.355. The molecule has 0 radical (unpaired) electrons. The molecule has 2 aromatic heterocycles. The van der Waals surface area contributed by atoms with Crippen molar-refractivity contribution in [3.8, 4) is 17.0 Å². The Bertz CT molecular complexity index is 881. The van der Waals surface area contributed by atoms with Crippen molar-refractivity contribution in [3.05, 3.63) is 66.1 Å². The molecule has 0 spiro atoms. The number of ether oxygens (including phenoxy) is 1. The first-order valence-corrected chi connectivity index (χ1v) is 8.47. The maximum atomic E-state index is 5.24. The molecule has 3 aromatic rings. The van der Waals surface area contributed by atoms with E-state index in [1.54, 1.807) is 25.7 Å². The van der Waals surface area contributed by atoms with Gasteiger partial charge in [-0.3, -0.25) is 4.98 Å². The van der Waals surface area contributed by atoms with E-state index < -0.39 is 0 Å². The number of rotatable bonds is 4. The topological polar surface area (TPSA) is 59.9 Å². The van der Waals surface area contributed by atoms with Gasteiger partial charge in [0.25, 0.3) is 0 Å². The average Bonchev–Trinajstić information content (AvgIpc) is 2.68. The van der Waals surface area contributed by atoms with E-state index in [1.165, 1.54) is 11.1 Å². The predicted molar refractivity (Wildman–Crippen MR) is 97.7 cm³/mol. The van der Waals surface area contributed by atoms with E-state index in [9.17, 15) is 0 Å². The Hall–Kier alpha value is -2.95. The third-order valence-corrected chi connectivity index (χ3v) is 4.58. The van der Waals surface area contributed by atoms with Crippen LogP contribution in [0.1, 0.15) is 17.5 Å². The summed E-state index contributed by atoms with van der Waals surface area (Å²) in [7, 11) is 1.63. The van der Waals surface area contributed by atoms with Crippen molar-refractivity contribution < 1.29 is 4.74 Å². The summed E-state index contributed by atoms with van der Waals surface area (Å²) >= 11 is 0. The zero-order valence-electron chi connectivity index (χ0n) is 14.1. The fourth-order valence-corrected chi connectivity index (χ4v) is 3.26. The van der Waals surface area contributed by atoms with E-state index in [-0.39, 0.29) is 0 Å². The molecule has 0 bridgehead atoms. The molecule has 1 unspecified atom stereocenters. The Labute approximate surface area is 147 Å². The Kier molecular flexibility index (Phi) is 4.29. The number of pyridine rings is 1. The number of nitrogens with one attached hydrogen (secondary N) is 1. The van der Waals surface area contributed by atoms with Gasteiger partial charge in [-0.15, -0.1) is 0 Å². The van der Waals surface area contributed by atoms with Crippen LogP contribution in [0, 0.1) is 0 Å². The maximum absolute atomic E-state index is 5.24. The van der Waals surface area contributed by atoms with E-state index in [0.717, 1.165) is 36.3 Å². The molecular formula is C20H20N4O. The normalized spacial score (nSPS) is 16.1. The summed E-state index contributed by atoms with van der Waals surface area (Å²) < 4.78 is 5.24. The van der Waals surface area contributed by atoms with Gasteiger partial charge in [-0.25, -0.2) is 9.97 Å². The zero-order valence-corrected chi connectivity index (χ0v) is 14.1. The number of methoxy groups -OCH3 is 1. The Morgan fingerprint density at radius 3 is 2.88 bits per heavy atom. The van der Waals surface area contributed by atoms with Crippen LogP contribution in [0.25, 0.3) is 11.3 Å². The van der Waals surface area contributed by atoms with Crippen molar-refractivity contribution in [1.29, 1.82) is 0 Å². The molecular weight excluding hydrogens is 312 g/mol. The highest BCUT2D eigenvalue weighted by Crippen LogP contribution is 2.24. The number of benzene rings is 1. The third kappa shape index (κ3) is 3.45. The summed E-state index contributed by atoms with van der Waals surface area (Å²) in [6.07, 6.45) is 8.43. The highest BCUT2D eigenvalue weighted by molar-refractivity contribution is 5.60. The van der Waals surface area contributed by atoms with Crippen LogP contribution in [0.4, 0.5) is 5.95 Å². The van der Waals surface area contributed by atoms with Crippen LogP contribution < -0.4 is 10.1 Å². The summed E-state index contributed by atoms with van der Waals surface area (Å²) in [6, 6.07) is 12.8. The number of nitrogens with zero attached hydrogens (tertiary/aromatic N) is 3. The number of fused-ring (bicyclic) bond motifs is 1. The molecule has 2 heterocycles. The standard InChI is InChI=1S/C20H20N4O/c1-25-18-11-16(12-21-13-18)19-8-9-22-20(24-19)23-17-7-6-14-4-2-3-5-15(14)10-17/h2-5,8-9,11-13,17H,6-7,10H2,1H3,(H,22,23,24). The van der Waals surface area contributed by atoms with E-state index in [2.05, 4.69) is 44.5 Å². The molecule has 5 nitrogen and oxygen atoms in total. The zero-order chi connectivity index (χ0) is 17.1. The molecule has 0 aliphatic heterocycles. The molecule has 126 valence electrons. The monoisotopic (exact) mass is 332 g/mol. The molecule has 1 aliphatic carbocycles. The average molecular weight is 332 g/mol. The molecule has 25 heavy (non-hydrogen) atoms. The quantitative estimate of drug-likeness (QED) is 0.792. The van der Waals surface area contributed by atoms with Gasteiger partial charge in [-0.2, -0.15) is 0 Å². The molecule has 0 saturated carbocycles. The molecule has 4 rings (SSSR count). The molecule has 1 aliphatic rings. The van der Waals surface area contributed by atoms with Gasteiger partial charge in [0.1, 0.15) is 5.75 Å². The first-order chi connectivity index (χ1) is 12.3. The van der Waals surface area contributed by atoms with Crippen molar-refractivity contribution in [2.24, 2.45) is 0 Å². The van der Waals surface area contributed by atoms with Gasteiger partial charge >= 0.3 is 0 Å². The molecule has 1 aromatic carbocycles. The second-order valence-corrected chi connectivity index (χ2v) is 6.23. The number of aryl methyl sites for hydroxylation is 1. The van der Waals surface area contributed by atoms with E-state index >= 15 is 0 Å². The van der Waals surface area contributed by atoms with Crippen LogP contribution in [0.5, 0.6) is 5.75 Å². The van der Waals surface area contributed by atoms with Crippen LogP contribution in [-0.2, 0) is 12.8 Å². The van der Waals surface area contributed by atoms with Gasteiger partial charge in [-0.05, 0) is 42.5 Å². The minimum Gasteiger partial charge on any atom is -0.495 e. The molecule has 1 N–H and O–H groups in total. The Morgan fingerprint density at radius 1 is 1.12 bits per heavy atom. The van der Waals surface area contributed by atoms with Crippen LogP contribution >= 0.6 is 0 Å². The molecule has 0 amide bonds. The molecule has 0 fully saturated rings. The van der Waals surface area contributed by atoms with Crippen molar-refractivity contribution in [3.63, 3.8) is 0 Å². The van der Waals surface area contributed by atoms with Crippen molar-refractivity contribution in [2.45, 2.75) is 25.3 Å². The summed E-state index contributed by atoms with van der Waals surface area (Å²) in [6.45, 7) is 0. The number of hydrogen-bond acceptors (Lipinski definition) is 5. The predicted octanol–water partition coefficient (Wildman–Crippen LogP) is 3.52. The van der Waals surface area contributed by atoms with E-state index in [0.29, 0.717) is 12.0 Å². The Balaban J connectivity index is 1.52. The first kappa shape index (κ1) is 15.6. The summed E-state index contributed by atoms with van der Waals surface area (Å²) in [5.74, 6) is 1.37. The van der Waals surface area contributed by atoms with Gasteiger partial charge in [-0.1, -0.05) is 24.3 Å². The summed E-state index contributed by atoms with van der Waals surface area (Å²) in [5.41, 5.74) is 4.62. The lowest BCUT2D eigenvalue weighted by atomic mass is 9.88. The van der Waals surface area contributed by atoms with Crippen LogP contribution in [0.15, 0.2) is 55.0 Å². The van der Waals surface area contributed by atoms with Crippen molar-refractivity contribution >= 4 is 5.95 Å². The lowest BCUT2D eigenvalue weighted by Gasteiger charge is -2.25. The summed E-state index contributed by atoms with van der Waals surface area (Å²) in [5, 5.41) is 3.49. The highest BCUT2D eigenvalue weighted by atomic mass is 16.5. The van der Waals surface area contributed by atoms with Gasteiger partial charge < -0.3 is 10.1 Å². The largest absolute Gasteiger partial charge is 0.495 e. The lowest BCUT2D eigenvalue weighted by Crippen LogP contribution is -2.28. The summed E-state index contributed by atoms with van der Waals surface area (Å²) in [4.78, 5) is 13.2. The minimum absolute atomic E-state index is 0.355. The maximum Gasteiger partial charge on any atom is 0.223 e. The lowest BCUT2D eigenvalue weighted by molar-refractivity contribution is 0.413. The first-order valence-electron chi connectivity index (χ1n) is 8.47. The van der Waals surface area contributed by atoms with Crippen LogP contribution in [-0.4, -0.2) is 28.1 Å². The molecule has 5 heteroatoms. The van der Waals surface area contributed by atoms with Crippen LogP contribution in [0.2, 0.25) is 0 Å². The fourth-order valence-electron chi connectivity index (χ4n) is 3.26. The van der Waals surface area contributed by atoms with Gasteiger partial charge in [0.05, 0.1) is 19.0 Å². The van der Waals surface area contributed by atoms with Gasteiger partial charge in [0, 0.05) is 24.0 Å². The second kappa shape index (κ2) is 6.89. The van der Waals surface area contributed by atoms with Crippen molar-refractivity contribution in [2.75, 3.05) is 12.4 Å². The number of hydrogen-bond donors (Lipinski definition) is 1. The molecule has 1 atom stereocenters. The van der Waals surface area contributed by atoms with Crippen LogP contribution in [0.3, 0.4) is 0 Å². The number of aromatic nitrogens is 3. The second-order valence-electron chi connectivity index (χ2n) is 6.23. The smallest absolute Gasteiger partial charge is 0.223 e. The van der Waals surface area contributed by atoms with Crippen molar-refractivity contribution in [1.82, 2.24) is 15.0 Å². The number of anilines is 1. The van der Waals surface area contributed by atoms with E-state index in [4.69, 9.17) is 4.74 Å². The SMILES string of the molecule is COc1cncc(-c2ccnc(NC3CCc4ccccc4C3)n2)c1.